The van der Waals surface area contributed by atoms with E-state index in [4.69, 9.17) is 0 Å². The Morgan fingerprint density at radius 1 is 1.47 bits per heavy atom. The topological polar surface area (TPSA) is 26.3 Å². The number of unbranched alkanes of at least 4 members (excludes halogenated alkanes) is 4. The number of rotatable bonds is 4. The molecular weight excluding hydrogens is 195 g/mol. The van der Waals surface area contributed by atoms with Crippen LogP contribution in [0.5, 0.6) is 0 Å². The maximum atomic E-state index is 13.6. The van der Waals surface area contributed by atoms with E-state index in [0.29, 0.717) is 6.42 Å². The minimum atomic E-state index is -2.02. The standard InChI is InChI=1S/C12H17FO2/c1-2-3-4-5-6-7-8-12(13)9-10-15-11(12)14/h2-6,9-10H2,1H3. The molecule has 0 aromatic heterocycles. The number of alkyl halides is 1. The number of ether oxygens (including phenoxy) is 1. The second-order valence-corrected chi connectivity index (χ2v) is 3.80. The molecule has 0 saturated carbocycles. The van der Waals surface area contributed by atoms with Gasteiger partial charge in [0.2, 0.25) is 0 Å². The van der Waals surface area contributed by atoms with Gasteiger partial charge in [-0.2, -0.15) is 0 Å². The molecule has 0 aromatic rings. The molecule has 0 spiro atoms. The van der Waals surface area contributed by atoms with E-state index in [0.717, 1.165) is 12.8 Å². The minimum Gasteiger partial charge on any atom is -0.462 e. The van der Waals surface area contributed by atoms with Crippen LogP contribution in [0.15, 0.2) is 0 Å². The fourth-order valence-electron chi connectivity index (χ4n) is 1.46. The van der Waals surface area contributed by atoms with E-state index >= 15 is 0 Å². The first-order chi connectivity index (χ1) is 7.19. The van der Waals surface area contributed by atoms with E-state index in [2.05, 4.69) is 23.5 Å². The summed E-state index contributed by atoms with van der Waals surface area (Å²) in [7, 11) is 0. The molecule has 1 rings (SSSR count). The average Bonchev–Trinajstić information content (AvgIpc) is 2.54. The highest BCUT2D eigenvalue weighted by atomic mass is 19.1. The van der Waals surface area contributed by atoms with Crippen molar-refractivity contribution in [3.05, 3.63) is 0 Å². The Hall–Kier alpha value is -1.04. The van der Waals surface area contributed by atoms with Crippen molar-refractivity contribution in [2.45, 2.75) is 51.1 Å². The van der Waals surface area contributed by atoms with Crippen LogP contribution in [0.1, 0.15) is 45.4 Å². The van der Waals surface area contributed by atoms with E-state index in [1.165, 1.54) is 12.8 Å². The summed E-state index contributed by atoms with van der Waals surface area (Å²) >= 11 is 0. The number of esters is 1. The number of hydrogen-bond acceptors (Lipinski definition) is 2. The van der Waals surface area contributed by atoms with Crippen LogP contribution in [0.2, 0.25) is 0 Å². The van der Waals surface area contributed by atoms with E-state index in [9.17, 15) is 9.18 Å². The molecule has 0 amide bonds. The number of halogens is 1. The lowest BCUT2D eigenvalue weighted by atomic mass is 10.1. The Labute approximate surface area is 90.2 Å². The average molecular weight is 212 g/mol. The van der Waals surface area contributed by atoms with Gasteiger partial charge in [-0.15, -0.1) is 0 Å². The Morgan fingerprint density at radius 3 is 2.87 bits per heavy atom. The lowest BCUT2D eigenvalue weighted by Gasteiger charge is -2.04. The quantitative estimate of drug-likeness (QED) is 0.407. The van der Waals surface area contributed by atoms with Crippen molar-refractivity contribution >= 4 is 5.97 Å². The summed E-state index contributed by atoms with van der Waals surface area (Å²) in [6.45, 7) is 2.29. The number of carbonyl (C=O) groups excluding carboxylic acids is 1. The normalized spacial score (nSPS) is 24.5. The second kappa shape index (κ2) is 5.75. The smallest absolute Gasteiger partial charge is 0.356 e. The van der Waals surface area contributed by atoms with Crippen LogP contribution in [-0.4, -0.2) is 18.2 Å². The van der Waals surface area contributed by atoms with Gasteiger partial charge in [-0.05, 0) is 6.42 Å². The SMILES string of the molecule is CCCCCCC#CC1(F)CCOC1=O. The Kier molecular flexibility index (Phi) is 4.61. The van der Waals surface area contributed by atoms with E-state index in [1.54, 1.807) is 0 Å². The van der Waals surface area contributed by atoms with Gasteiger partial charge < -0.3 is 4.74 Å². The van der Waals surface area contributed by atoms with Crippen molar-refractivity contribution in [2.24, 2.45) is 0 Å². The third-order valence-electron chi connectivity index (χ3n) is 2.45. The van der Waals surface area contributed by atoms with Gasteiger partial charge in [-0.3, -0.25) is 0 Å². The molecule has 0 aliphatic carbocycles. The van der Waals surface area contributed by atoms with Crippen LogP contribution in [0.25, 0.3) is 0 Å². The van der Waals surface area contributed by atoms with Crippen LogP contribution in [0, 0.1) is 11.8 Å². The molecule has 1 heterocycles. The van der Waals surface area contributed by atoms with Crippen LogP contribution in [-0.2, 0) is 9.53 Å². The molecule has 2 nitrogen and oxygen atoms in total. The molecule has 84 valence electrons. The highest BCUT2D eigenvalue weighted by molar-refractivity contribution is 5.85. The lowest BCUT2D eigenvalue weighted by molar-refractivity contribution is -0.144. The first-order valence-corrected chi connectivity index (χ1v) is 5.55. The van der Waals surface area contributed by atoms with Gasteiger partial charge >= 0.3 is 5.97 Å². The molecule has 3 heteroatoms. The molecular formula is C12H17FO2. The van der Waals surface area contributed by atoms with Crippen molar-refractivity contribution in [3.63, 3.8) is 0 Å². The van der Waals surface area contributed by atoms with Gasteiger partial charge in [0.05, 0.1) is 6.61 Å². The van der Waals surface area contributed by atoms with Crippen molar-refractivity contribution in [1.29, 1.82) is 0 Å². The minimum absolute atomic E-state index is 0.0772. The molecule has 1 saturated heterocycles. The summed E-state index contributed by atoms with van der Waals surface area (Å²) in [6, 6.07) is 0. The molecule has 0 aromatic carbocycles. The Bertz CT molecular complexity index is 277. The number of hydrogen-bond donors (Lipinski definition) is 0. The van der Waals surface area contributed by atoms with Gasteiger partial charge in [0.25, 0.3) is 5.67 Å². The third-order valence-corrected chi connectivity index (χ3v) is 2.45. The largest absolute Gasteiger partial charge is 0.462 e. The number of cyclic esters (lactones) is 1. The molecule has 0 N–H and O–H groups in total. The van der Waals surface area contributed by atoms with Crippen LogP contribution in [0.3, 0.4) is 0 Å². The molecule has 0 radical (unpaired) electrons. The predicted octanol–water partition coefficient (Wildman–Crippen LogP) is 2.62. The Morgan fingerprint density at radius 2 is 2.27 bits per heavy atom. The van der Waals surface area contributed by atoms with Crippen LogP contribution in [0.4, 0.5) is 4.39 Å². The zero-order valence-electron chi connectivity index (χ0n) is 9.14. The van der Waals surface area contributed by atoms with E-state index < -0.39 is 11.6 Å². The maximum absolute atomic E-state index is 13.6. The van der Waals surface area contributed by atoms with Crippen molar-refractivity contribution < 1.29 is 13.9 Å². The maximum Gasteiger partial charge on any atom is 0.356 e. The van der Waals surface area contributed by atoms with Crippen molar-refractivity contribution in [2.75, 3.05) is 6.61 Å². The molecule has 1 atom stereocenters. The van der Waals surface area contributed by atoms with Gasteiger partial charge in [-0.25, -0.2) is 9.18 Å². The first-order valence-electron chi connectivity index (χ1n) is 5.55. The van der Waals surface area contributed by atoms with Gasteiger partial charge in [0.15, 0.2) is 0 Å². The second-order valence-electron chi connectivity index (χ2n) is 3.80. The van der Waals surface area contributed by atoms with Gasteiger partial charge in [0.1, 0.15) is 0 Å². The molecule has 1 aliphatic rings. The highest BCUT2D eigenvalue weighted by Gasteiger charge is 2.43. The number of carbonyl (C=O) groups is 1. The van der Waals surface area contributed by atoms with Crippen LogP contribution < -0.4 is 0 Å². The molecule has 1 fully saturated rings. The fourth-order valence-corrected chi connectivity index (χ4v) is 1.46. The summed E-state index contributed by atoms with van der Waals surface area (Å²) in [4.78, 5) is 11.0. The van der Waals surface area contributed by atoms with Gasteiger partial charge in [0, 0.05) is 12.8 Å². The summed E-state index contributed by atoms with van der Waals surface area (Å²) in [5, 5.41) is 0. The summed E-state index contributed by atoms with van der Waals surface area (Å²) in [5.41, 5.74) is -2.02. The molecule has 15 heavy (non-hydrogen) atoms. The zero-order chi connectivity index (χ0) is 11.1. The van der Waals surface area contributed by atoms with Crippen molar-refractivity contribution in [3.8, 4) is 11.8 Å². The van der Waals surface area contributed by atoms with Crippen molar-refractivity contribution in [1.82, 2.24) is 0 Å². The summed E-state index contributed by atoms with van der Waals surface area (Å²) < 4.78 is 18.2. The highest BCUT2D eigenvalue weighted by Crippen LogP contribution is 2.23. The fraction of sp³-hybridized carbons (Fsp3) is 0.750. The van der Waals surface area contributed by atoms with E-state index in [-0.39, 0.29) is 13.0 Å². The first kappa shape index (κ1) is 12.0. The molecule has 0 bridgehead atoms. The lowest BCUT2D eigenvalue weighted by Crippen LogP contribution is -2.26. The third kappa shape index (κ3) is 3.54. The predicted molar refractivity (Wildman–Crippen MR) is 56.0 cm³/mol. The summed E-state index contributed by atoms with van der Waals surface area (Å²) in [6.07, 6.45) is 5.20. The molecule has 1 unspecified atom stereocenters. The Balaban J connectivity index is 2.28. The van der Waals surface area contributed by atoms with Crippen LogP contribution >= 0.6 is 0 Å². The zero-order valence-corrected chi connectivity index (χ0v) is 9.14. The molecule has 1 aliphatic heterocycles. The monoisotopic (exact) mass is 212 g/mol. The van der Waals surface area contributed by atoms with Gasteiger partial charge in [-0.1, -0.05) is 38.0 Å². The van der Waals surface area contributed by atoms with E-state index in [1.807, 2.05) is 0 Å². The summed E-state index contributed by atoms with van der Waals surface area (Å²) in [5.74, 6) is 4.31.